The topological polar surface area (TPSA) is 0 Å². The van der Waals surface area contributed by atoms with Crippen molar-refractivity contribution in [3.63, 3.8) is 0 Å². The largest absolute Gasteiger partial charge is 0.138 e. The van der Waals surface area contributed by atoms with E-state index < -0.39 is 8.07 Å². The predicted octanol–water partition coefficient (Wildman–Crippen LogP) is 7.55. The fourth-order valence-corrected chi connectivity index (χ4v) is 6.57. The smallest absolute Gasteiger partial charge is 0.126 e. The van der Waals surface area contributed by atoms with E-state index in [1.54, 1.807) is 0 Å². The normalized spacial score (nSPS) is 11.7. The molecule has 0 spiro atoms. The summed E-state index contributed by atoms with van der Waals surface area (Å²) < 4.78 is 0. The van der Waals surface area contributed by atoms with E-state index in [2.05, 4.69) is 99.0 Å². The van der Waals surface area contributed by atoms with Crippen molar-refractivity contribution in [1.82, 2.24) is 0 Å². The van der Waals surface area contributed by atoms with Crippen molar-refractivity contribution >= 4 is 40.4 Å². The standard InChI is InChI=1S/C26H26Si/c1-4-27(5-2,6-3)18-17-20-11-14-24-22(19-20)13-16-25-23-10-8-7-9-21(23)12-15-26(24)25/h7-16,19H,4-6H2,1-3H3. The molecule has 0 atom stereocenters. The Hall–Kier alpha value is -2.56. The number of benzene rings is 4. The Bertz CT molecular complexity index is 1180. The molecule has 0 unspecified atom stereocenters. The lowest BCUT2D eigenvalue weighted by Crippen LogP contribution is -2.29. The second-order valence-electron chi connectivity index (χ2n) is 7.47. The zero-order valence-electron chi connectivity index (χ0n) is 16.5. The van der Waals surface area contributed by atoms with Gasteiger partial charge in [-0.2, -0.15) is 0 Å². The van der Waals surface area contributed by atoms with Gasteiger partial charge in [-0.25, -0.2) is 0 Å². The van der Waals surface area contributed by atoms with Gasteiger partial charge in [-0.15, -0.1) is 5.54 Å². The van der Waals surface area contributed by atoms with Gasteiger partial charge in [0.1, 0.15) is 8.07 Å². The Labute approximate surface area is 163 Å². The van der Waals surface area contributed by atoms with Crippen LogP contribution < -0.4 is 0 Å². The van der Waals surface area contributed by atoms with Gasteiger partial charge < -0.3 is 0 Å². The molecule has 4 aromatic rings. The third kappa shape index (κ3) is 3.15. The van der Waals surface area contributed by atoms with E-state index in [4.69, 9.17) is 0 Å². The summed E-state index contributed by atoms with van der Waals surface area (Å²) in [6.45, 7) is 6.93. The van der Waals surface area contributed by atoms with Crippen molar-refractivity contribution in [2.75, 3.05) is 0 Å². The first kappa shape index (κ1) is 17.8. The third-order valence-corrected chi connectivity index (χ3v) is 11.0. The van der Waals surface area contributed by atoms with Gasteiger partial charge in [-0.05, 0) is 62.6 Å². The van der Waals surface area contributed by atoms with Crippen LogP contribution >= 0.6 is 0 Å². The number of rotatable bonds is 3. The molecular formula is C26H26Si. The Morgan fingerprint density at radius 1 is 0.630 bits per heavy atom. The molecule has 0 amide bonds. The first-order chi connectivity index (χ1) is 13.2. The van der Waals surface area contributed by atoms with Crippen LogP contribution in [0.2, 0.25) is 18.1 Å². The first-order valence-electron chi connectivity index (χ1n) is 10.1. The van der Waals surface area contributed by atoms with Crippen LogP contribution in [0.3, 0.4) is 0 Å². The highest BCUT2D eigenvalue weighted by atomic mass is 28.3. The lowest BCUT2D eigenvalue weighted by Gasteiger charge is -2.20. The number of hydrogen-bond acceptors (Lipinski definition) is 0. The predicted molar refractivity (Wildman–Crippen MR) is 123 cm³/mol. The minimum Gasteiger partial charge on any atom is -0.126 e. The molecule has 0 saturated heterocycles. The van der Waals surface area contributed by atoms with Crippen LogP contribution in [0.4, 0.5) is 0 Å². The maximum Gasteiger partial charge on any atom is 0.138 e. The minimum atomic E-state index is -1.40. The first-order valence-corrected chi connectivity index (χ1v) is 12.7. The Morgan fingerprint density at radius 3 is 1.93 bits per heavy atom. The summed E-state index contributed by atoms with van der Waals surface area (Å²) in [5, 5.41) is 7.87. The SMILES string of the molecule is CC[Si](C#Cc1ccc2c(ccc3c4ccccc4ccc23)c1)(CC)CC. The molecule has 1 heteroatoms. The highest BCUT2D eigenvalue weighted by Gasteiger charge is 2.24. The average Bonchev–Trinajstić information content (AvgIpc) is 2.74. The highest BCUT2D eigenvalue weighted by molar-refractivity contribution is 6.87. The van der Waals surface area contributed by atoms with E-state index in [0.29, 0.717) is 0 Å². The van der Waals surface area contributed by atoms with Crippen molar-refractivity contribution in [3.05, 3.63) is 72.3 Å². The lowest BCUT2D eigenvalue weighted by atomic mass is 9.96. The molecule has 27 heavy (non-hydrogen) atoms. The van der Waals surface area contributed by atoms with E-state index in [0.717, 1.165) is 5.56 Å². The minimum absolute atomic E-state index is 1.15. The van der Waals surface area contributed by atoms with Crippen LogP contribution in [0.1, 0.15) is 26.3 Å². The van der Waals surface area contributed by atoms with Crippen LogP contribution in [0.5, 0.6) is 0 Å². The summed E-state index contributed by atoms with van der Waals surface area (Å²) in [7, 11) is -1.40. The highest BCUT2D eigenvalue weighted by Crippen LogP contribution is 2.31. The van der Waals surface area contributed by atoms with Gasteiger partial charge in [0.25, 0.3) is 0 Å². The number of fused-ring (bicyclic) bond motifs is 5. The third-order valence-electron chi connectivity index (χ3n) is 6.24. The van der Waals surface area contributed by atoms with Crippen molar-refractivity contribution in [1.29, 1.82) is 0 Å². The van der Waals surface area contributed by atoms with Gasteiger partial charge in [0, 0.05) is 5.56 Å². The summed E-state index contributed by atoms with van der Waals surface area (Å²) >= 11 is 0. The number of hydrogen-bond donors (Lipinski definition) is 0. The van der Waals surface area contributed by atoms with Crippen molar-refractivity contribution < 1.29 is 0 Å². The molecule has 0 aliphatic rings. The summed E-state index contributed by atoms with van der Waals surface area (Å²) in [5.74, 6) is 3.52. The summed E-state index contributed by atoms with van der Waals surface area (Å²) in [4.78, 5) is 0. The molecule has 0 bridgehead atoms. The van der Waals surface area contributed by atoms with E-state index in [9.17, 15) is 0 Å². The second-order valence-corrected chi connectivity index (χ2v) is 12.4. The molecule has 0 radical (unpaired) electrons. The van der Waals surface area contributed by atoms with Crippen molar-refractivity contribution in [3.8, 4) is 11.5 Å². The molecule has 4 aromatic carbocycles. The van der Waals surface area contributed by atoms with Crippen molar-refractivity contribution in [2.24, 2.45) is 0 Å². The average molecular weight is 367 g/mol. The van der Waals surface area contributed by atoms with Crippen LogP contribution in [-0.2, 0) is 0 Å². The lowest BCUT2D eigenvalue weighted by molar-refractivity contribution is 1.20. The molecule has 0 saturated carbocycles. The molecule has 0 N–H and O–H groups in total. The molecule has 0 aliphatic carbocycles. The van der Waals surface area contributed by atoms with E-state index in [1.165, 1.54) is 50.4 Å². The van der Waals surface area contributed by atoms with Crippen LogP contribution in [0, 0.1) is 11.5 Å². The zero-order chi connectivity index (χ0) is 18.9. The van der Waals surface area contributed by atoms with Gasteiger partial charge in [0.05, 0.1) is 0 Å². The maximum atomic E-state index is 3.71. The summed E-state index contributed by atoms with van der Waals surface area (Å²) in [6, 6.07) is 28.1. The second kappa shape index (κ2) is 7.22. The summed E-state index contributed by atoms with van der Waals surface area (Å²) in [6.07, 6.45) is 0. The van der Waals surface area contributed by atoms with E-state index in [-0.39, 0.29) is 0 Å². The quantitative estimate of drug-likeness (QED) is 0.199. The van der Waals surface area contributed by atoms with Crippen LogP contribution in [0.15, 0.2) is 66.7 Å². The maximum absolute atomic E-state index is 3.71. The Kier molecular flexibility index (Phi) is 4.77. The Balaban J connectivity index is 1.85. The van der Waals surface area contributed by atoms with Gasteiger partial charge in [0.2, 0.25) is 0 Å². The Morgan fingerprint density at radius 2 is 1.22 bits per heavy atom. The van der Waals surface area contributed by atoms with E-state index >= 15 is 0 Å². The zero-order valence-corrected chi connectivity index (χ0v) is 17.5. The van der Waals surface area contributed by atoms with E-state index in [1.807, 2.05) is 0 Å². The van der Waals surface area contributed by atoms with Gasteiger partial charge in [-0.1, -0.05) is 81.3 Å². The molecule has 0 fully saturated rings. The van der Waals surface area contributed by atoms with Gasteiger partial charge in [-0.3, -0.25) is 0 Å². The fraction of sp³-hybridized carbons (Fsp3) is 0.231. The van der Waals surface area contributed by atoms with Gasteiger partial charge in [0.15, 0.2) is 0 Å². The molecule has 4 rings (SSSR count). The molecule has 0 heterocycles. The molecule has 0 aromatic heterocycles. The summed E-state index contributed by atoms with van der Waals surface area (Å²) in [5.41, 5.74) is 4.86. The fourth-order valence-electron chi connectivity index (χ4n) is 4.13. The molecule has 134 valence electrons. The van der Waals surface area contributed by atoms with Gasteiger partial charge >= 0.3 is 0 Å². The molecular weight excluding hydrogens is 340 g/mol. The van der Waals surface area contributed by atoms with Crippen LogP contribution in [-0.4, -0.2) is 8.07 Å². The molecule has 0 aliphatic heterocycles. The van der Waals surface area contributed by atoms with Crippen molar-refractivity contribution in [2.45, 2.75) is 38.9 Å². The van der Waals surface area contributed by atoms with Crippen LogP contribution in [0.25, 0.3) is 32.3 Å². The monoisotopic (exact) mass is 366 g/mol. The molecule has 0 nitrogen and oxygen atoms in total.